The van der Waals surface area contributed by atoms with Crippen LogP contribution in [-0.2, 0) is 30.8 Å². The highest BCUT2D eigenvalue weighted by atomic mass is 79.9. The zero-order chi connectivity index (χ0) is 21.7. The molecule has 30 heavy (non-hydrogen) atoms. The van der Waals surface area contributed by atoms with E-state index in [0.29, 0.717) is 52.1 Å². The second-order valence-corrected chi connectivity index (χ2v) is 10.3. The summed E-state index contributed by atoms with van der Waals surface area (Å²) in [6, 6.07) is 6.09. The molecule has 0 radical (unpaired) electrons. The second-order valence-electron chi connectivity index (χ2n) is 7.55. The lowest BCUT2D eigenvalue weighted by atomic mass is 10.1. The van der Waals surface area contributed by atoms with Gasteiger partial charge in [-0.15, -0.1) is 0 Å². The van der Waals surface area contributed by atoms with Crippen molar-refractivity contribution in [2.75, 3.05) is 38.6 Å². The smallest absolute Gasteiger partial charge is 0.245 e. The number of nitrogens with one attached hydrogen (secondary N) is 1. The van der Waals surface area contributed by atoms with Gasteiger partial charge in [0.1, 0.15) is 12.1 Å². The molecule has 2 atom stereocenters. The van der Waals surface area contributed by atoms with Gasteiger partial charge in [0.15, 0.2) is 0 Å². The van der Waals surface area contributed by atoms with Crippen LogP contribution in [0.15, 0.2) is 28.7 Å². The number of amides is 2. The average molecular weight is 502 g/mol. The summed E-state index contributed by atoms with van der Waals surface area (Å²) in [6.45, 7) is 4.26. The highest BCUT2D eigenvalue weighted by Crippen LogP contribution is 2.20. The summed E-state index contributed by atoms with van der Waals surface area (Å²) in [7, 11) is -3.62. The van der Waals surface area contributed by atoms with Crippen LogP contribution in [0.2, 0.25) is 0 Å². The molecule has 0 bridgehead atoms. The Bertz CT molecular complexity index is 856. The Kier molecular flexibility index (Phi) is 7.89. The number of likely N-dealkylation sites (tertiary alicyclic amines) is 1. The number of morpholine rings is 1. The van der Waals surface area contributed by atoms with Gasteiger partial charge in [0, 0.05) is 24.1 Å². The van der Waals surface area contributed by atoms with Crippen molar-refractivity contribution in [3.63, 3.8) is 0 Å². The van der Waals surface area contributed by atoms with Gasteiger partial charge in [-0.2, -0.15) is 0 Å². The first kappa shape index (κ1) is 23.2. The third-order valence-corrected chi connectivity index (χ3v) is 7.42. The fourth-order valence-electron chi connectivity index (χ4n) is 3.82. The summed E-state index contributed by atoms with van der Waals surface area (Å²) in [5.41, 5.74) is 0.908. The summed E-state index contributed by atoms with van der Waals surface area (Å²) in [5, 5.41) is 0. The molecule has 0 spiro atoms. The number of ether oxygens (including phenoxy) is 1. The molecule has 0 aliphatic carbocycles. The Morgan fingerprint density at radius 3 is 2.53 bits per heavy atom. The molecule has 0 saturated carbocycles. The molecular weight excluding hydrogens is 474 g/mol. The maximum absolute atomic E-state index is 12.9. The molecule has 1 N–H and O–H groups in total. The largest absolute Gasteiger partial charge is 0.378 e. The Hall–Kier alpha value is -1.49. The van der Waals surface area contributed by atoms with E-state index >= 15 is 0 Å². The van der Waals surface area contributed by atoms with Crippen molar-refractivity contribution < 1.29 is 22.7 Å². The lowest BCUT2D eigenvalue weighted by molar-refractivity contribution is -0.146. The van der Waals surface area contributed by atoms with Crippen molar-refractivity contribution >= 4 is 37.8 Å². The first-order chi connectivity index (χ1) is 14.3. The first-order valence-corrected chi connectivity index (χ1v) is 12.7. The van der Waals surface area contributed by atoms with E-state index < -0.39 is 22.1 Å². The van der Waals surface area contributed by atoms with Gasteiger partial charge in [0.2, 0.25) is 21.8 Å². The van der Waals surface area contributed by atoms with Gasteiger partial charge in [0.25, 0.3) is 0 Å². The Morgan fingerprint density at radius 1 is 1.23 bits per heavy atom. The standard InChI is InChI=1S/C20H28BrN3O5S/c1-2-18(20(26)23-10-12-29-13-11-23)24-9-7-17(19(24)25)22-30(27,28)14-8-15-3-5-16(21)6-4-15/h3-6,17-18,22H,2,7-14H2,1H3/t17-,18-/m0/s1. The highest BCUT2D eigenvalue weighted by molar-refractivity contribution is 9.10. The number of nitrogens with zero attached hydrogens (tertiary/aromatic N) is 2. The molecule has 2 fully saturated rings. The number of halogens is 1. The van der Waals surface area contributed by atoms with Gasteiger partial charge >= 0.3 is 0 Å². The molecule has 2 aliphatic heterocycles. The minimum Gasteiger partial charge on any atom is -0.378 e. The lowest BCUT2D eigenvalue weighted by Crippen LogP contribution is -2.53. The highest BCUT2D eigenvalue weighted by Gasteiger charge is 2.41. The average Bonchev–Trinajstić information content (AvgIpc) is 3.08. The molecule has 166 valence electrons. The van der Waals surface area contributed by atoms with E-state index in [9.17, 15) is 18.0 Å². The Labute approximate surface area is 186 Å². The molecule has 2 amide bonds. The van der Waals surface area contributed by atoms with Gasteiger partial charge in [-0.1, -0.05) is 35.0 Å². The van der Waals surface area contributed by atoms with Crippen LogP contribution >= 0.6 is 15.9 Å². The molecule has 0 unspecified atom stereocenters. The summed E-state index contributed by atoms with van der Waals surface area (Å²) in [5.74, 6) is -0.508. The SMILES string of the molecule is CC[C@@H](C(=O)N1CCOCC1)N1CC[C@H](NS(=O)(=O)CCc2ccc(Br)cc2)C1=O. The summed E-state index contributed by atoms with van der Waals surface area (Å²) < 4.78 is 33.8. The number of carbonyl (C=O) groups is 2. The van der Waals surface area contributed by atoms with Crippen molar-refractivity contribution in [3.05, 3.63) is 34.3 Å². The molecule has 3 rings (SSSR count). The minimum absolute atomic E-state index is 0.0899. The van der Waals surface area contributed by atoms with Crippen LogP contribution in [0.5, 0.6) is 0 Å². The number of benzene rings is 1. The van der Waals surface area contributed by atoms with Gasteiger partial charge in [0.05, 0.1) is 19.0 Å². The van der Waals surface area contributed by atoms with E-state index in [0.717, 1.165) is 10.0 Å². The van der Waals surface area contributed by atoms with E-state index in [-0.39, 0.29) is 17.6 Å². The van der Waals surface area contributed by atoms with Crippen LogP contribution in [0, 0.1) is 0 Å². The topological polar surface area (TPSA) is 96.0 Å². The van der Waals surface area contributed by atoms with Crippen LogP contribution < -0.4 is 4.72 Å². The maximum atomic E-state index is 12.9. The van der Waals surface area contributed by atoms with Crippen molar-refractivity contribution in [1.29, 1.82) is 0 Å². The van der Waals surface area contributed by atoms with Crippen LogP contribution in [0.1, 0.15) is 25.3 Å². The Balaban J connectivity index is 1.57. The van der Waals surface area contributed by atoms with Gasteiger partial charge < -0.3 is 14.5 Å². The van der Waals surface area contributed by atoms with Crippen LogP contribution in [-0.4, -0.2) is 80.7 Å². The normalized spacial score (nSPS) is 21.1. The van der Waals surface area contributed by atoms with Crippen LogP contribution in [0.3, 0.4) is 0 Å². The third kappa shape index (κ3) is 5.81. The lowest BCUT2D eigenvalue weighted by Gasteiger charge is -2.34. The Morgan fingerprint density at radius 2 is 1.90 bits per heavy atom. The van der Waals surface area contributed by atoms with E-state index in [4.69, 9.17) is 4.74 Å². The van der Waals surface area contributed by atoms with E-state index in [1.165, 1.54) is 4.90 Å². The predicted octanol–water partition coefficient (Wildman–Crippen LogP) is 1.15. The maximum Gasteiger partial charge on any atom is 0.245 e. The van der Waals surface area contributed by atoms with Crippen molar-refractivity contribution in [2.24, 2.45) is 0 Å². The second kappa shape index (κ2) is 10.2. The fourth-order valence-corrected chi connectivity index (χ4v) is 5.36. The molecule has 2 heterocycles. The number of hydrogen-bond acceptors (Lipinski definition) is 5. The van der Waals surface area contributed by atoms with Crippen LogP contribution in [0.4, 0.5) is 0 Å². The molecule has 1 aromatic rings. The van der Waals surface area contributed by atoms with Gasteiger partial charge in [-0.05, 0) is 37.0 Å². The first-order valence-electron chi connectivity index (χ1n) is 10.2. The third-order valence-electron chi connectivity index (χ3n) is 5.51. The molecule has 1 aromatic carbocycles. The fraction of sp³-hybridized carbons (Fsp3) is 0.600. The van der Waals surface area contributed by atoms with Crippen LogP contribution in [0.25, 0.3) is 0 Å². The number of sulfonamides is 1. The number of rotatable bonds is 8. The summed E-state index contributed by atoms with van der Waals surface area (Å²) in [4.78, 5) is 29.0. The molecule has 10 heteroatoms. The van der Waals surface area contributed by atoms with Gasteiger partial charge in [-0.25, -0.2) is 13.1 Å². The molecule has 2 saturated heterocycles. The van der Waals surface area contributed by atoms with Crippen molar-refractivity contribution in [1.82, 2.24) is 14.5 Å². The number of carbonyl (C=O) groups excluding carboxylic acids is 2. The summed E-state index contributed by atoms with van der Waals surface area (Å²) >= 11 is 3.35. The zero-order valence-electron chi connectivity index (χ0n) is 17.0. The van der Waals surface area contributed by atoms with E-state index in [1.807, 2.05) is 31.2 Å². The van der Waals surface area contributed by atoms with E-state index in [1.54, 1.807) is 4.90 Å². The van der Waals surface area contributed by atoms with Crippen molar-refractivity contribution in [3.8, 4) is 0 Å². The van der Waals surface area contributed by atoms with Gasteiger partial charge in [-0.3, -0.25) is 9.59 Å². The monoisotopic (exact) mass is 501 g/mol. The predicted molar refractivity (Wildman–Crippen MR) is 116 cm³/mol. The number of hydrogen-bond donors (Lipinski definition) is 1. The molecule has 0 aromatic heterocycles. The number of aryl methyl sites for hydroxylation is 1. The molecule has 8 nitrogen and oxygen atoms in total. The van der Waals surface area contributed by atoms with E-state index in [2.05, 4.69) is 20.7 Å². The summed E-state index contributed by atoms with van der Waals surface area (Å²) in [6.07, 6.45) is 1.22. The minimum atomic E-state index is -3.62. The quantitative estimate of drug-likeness (QED) is 0.576. The molecular formula is C20H28BrN3O5S. The zero-order valence-corrected chi connectivity index (χ0v) is 19.5. The van der Waals surface area contributed by atoms with Crippen molar-refractivity contribution in [2.45, 2.75) is 38.3 Å². The molecule has 2 aliphatic rings.